The highest BCUT2D eigenvalue weighted by atomic mass is 32.2. The van der Waals surface area contributed by atoms with Gasteiger partial charge in [0.25, 0.3) is 10.0 Å². The summed E-state index contributed by atoms with van der Waals surface area (Å²) in [5, 5.41) is 13.6. The summed E-state index contributed by atoms with van der Waals surface area (Å²) in [5.41, 5.74) is 1.57. The minimum atomic E-state index is -4.00. The van der Waals surface area contributed by atoms with Crippen LogP contribution in [0.4, 0.5) is 5.69 Å². The van der Waals surface area contributed by atoms with E-state index in [1.807, 2.05) is 6.92 Å². The van der Waals surface area contributed by atoms with Crippen LogP contribution in [0, 0.1) is 0 Å². The number of aryl methyl sites for hydroxylation is 2. The number of para-hydroxylation sites is 1. The molecule has 0 radical (unpaired) electrons. The Morgan fingerprint density at radius 1 is 1.39 bits per heavy atom. The number of rotatable bonds is 4. The van der Waals surface area contributed by atoms with Crippen LogP contribution >= 0.6 is 0 Å². The van der Waals surface area contributed by atoms with Gasteiger partial charge >= 0.3 is 5.97 Å². The number of carbonyl (C=O) groups is 1. The smallest absolute Gasteiger partial charge is 0.327 e. The molecule has 1 atom stereocenters. The van der Waals surface area contributed by atoms with Gasteiger partial charge in [0.15, 0.2) is 0 Å². The second-order valence-corrected chi connectivity index (χ2v) is 7.24. The molecule has 0 bridgehead atoms. The summed E-state index contributed by atoms with van der Waals surface area (Å²) in [5.74, 6) is -1.16. The first kappa shape index (κ1) is 15.5. The number of benzene rings is 1. The number of hydrogen-bond donors (Lipinski definition) is 1. The van der Waals surface area contributed by atoms with Gasteiger partial charge in [0, 0.05) is 19.7 Å². The van der Waals surface area contributed by atoms with Gasteiger partial charge in [0.2, 0.25) is 0 Å². The first-order valence-corrected chi connectivity index (χ1v) is 8.68. The van der Waals surface area contributed by atoms with Gasteiger partial charge < -0.3 is 5.11 Å². The lowest BCUT2D eigenvalue weighted by Gasteiger charge is -2.24. The van der Waals surface area contributed by atoms with Gasteiger partial charge in [-0.2, -0.15) is 5.10 Å². The minimum absolute atomic E-state index is 0.0606. The Bertz CT molecular complexity index is 873. The normalized spacial score (nSPS) is 17.3. The highest BCUT2D eigenvalue weighted by Crippen LogP contribution is 2.37. The second-order valence-electron chi connectivity index (χ2n) is 5.46. The zero-order valence-electron chi connectivity index (χ0n) is 12.8. The van der Waals surface area contributed by atoms with Crippen LogP contribution in [0.2, 0.25) is 0 Å². The lowest BCUT2D eigenvalue weighted by molar-refractivity contribution is -0.138. The Morgan fingerprint density at radius 2 is 2.09 bits per heavy atom. The molecule has 1 aromatic heterocycles. The summed E-state index contributed by atoms with van der Waals surface area (Å²) >= 11 is 0. The van der Waals surface area contributed by atoms with Crippen molar-refractivity contribution in [1.29, 1.82) is 0 Å². The van der Waals surface area contributed by atoms with Crippen LogP contribution in [-0.2, 0) is 34.7 Å². The fraction of sp³-hybridized carbons (Fsp3) is 0.333. The number of anilines is 1. The van der Waals surface area contributed by atoms with Crippen LogP contribution in [0.15, 0.2) is 35.4 Å². The molecule has 1 aliphatic heterocycles. The summed E-state index contributed by atoms with van der Waals surface area (Å²) < 4.78 is 28.7. The van der Waals surface area contributed by atoms with E-state index in [0.717, 1.165) is 4.31 Å². The summed E-state index contributed by atoms with van der Waals surface area (Å²) in [7, 11) is -2.36. The Hall–Kier alpha value is -2.35. The summed E-state index contributed by atoms with van der Waals surface area (Å²) in [4.78, 5) is 11.7. The molecule has 1 N–H and O–H groups in total. The van der Waals surface area contributed by atoms with Crippen LogP contribution in [0.5, 0.6) is 0 Å². The van der Waals surface area contributed by atoms with Crippen LogP contribution in [0.1, 0.15) is 18.2 Å². The zero-order chi connectivity index (χ0) is 16.8. The van der Waals surface area contributed by atoms with E-state index >= 15 is 0 Å². The third-order valence-corrected chi connectivity index (χ3v) is 5.82. The van der Waals surface area contributed by atoms with E-state index in [-0.39, 0.29) is 11.3 Å². The van der Waals surface area contributed by atoms with Gasteiger partial charge in [-0.3, -0.25) is 8.99 Å². The molecule has 122 valence electrons. The fourth-order valence-corrected chi connectivity index (χ4v) is 4.84. The van der Waals surface area contributed by atoms with E-state index < -0.39 is 22.0 Å². The number of carboxylic acid groups (broad SMARTS) is 1. The van der Waals surface area contributed by atoms with Crippen LogP contribution in [0.3, 0.4) is 0 Å². The highest BCUT2D eigenvalue weighted by Gasteiger charge is 2.43. The highest BCUT2D eigenvalue weighted by molar-refractivity contribution is 7.93. The largest absolute Gasteiger partial charge is 0.480 e. The van der Waals surface area contributed by atoms with E-state index in [2.05, 4.69) is 5.10 Å². The predicted octanol–water partition coefficient (Wildman–Crippen LogP) is 1.19. The van der Waals surface area contributed by atoms with E-state index in [9.17, 15) is 18.3 Å². The molecule has 1 unspecified atom stereocenters. The van der Waals surface area contributed by atoms with E-state index in [1.54, 1.807) is 31.3 Å². The number of nitrogens with zero attached hydrogens (tertiary/aromatic N) is 3. The van der Waals surface area contributed by atoms with Gasteiger partial charge in [0.05, 0.1) is 11.4 Å². The van der Waals surface area contributed by atoms with Gasteiger partial charge in [0.1, 0.15) is 10.9 Å². The third kappa shape index (κ3) is 2.39. The quantitative estimate of drug-likeness (QED) is 0.906. The van der Waals surface area contributed by atoms with Crippen LogP contribution in [0.25, 0.3) is 0 Å². The molecule has 0 aliphatic carbocycles. The van der Waals surface area contributed by atoms with Gasteiger partial charge in [-0.25, -0.2) is 13.2 Å². The second kappa shape index (κ2) is 5.38. The zero-order valence-corrected chi connectivity index (χ0v) is 13.6. The average Bonchev–Trinajstić information content (AvgIpc) is 3.08. The van der Waals surface area contributed by atoms with E-state index in [4.69, 9.17) is 0 Å². The molecule has 2 aromatic rings. The fourth-order valence-electron chi connectivity index (χ4n) is 2.92. The van der Waals surface area contributed by atoms with Crippen molar-refractivity contribution in [2.75, 3.05) is 4.31 Å². The summed E-state index contributed by atoms with van der Waals surface area (Å²) in [6.07, 6.45) is 2.03. The van der Waals surface area contributed by atoms with Crippen molar-refractivity contribution in [3.05, 3.63) is 41.7 Å². The number of sulfonamides is 1. The van der Waals surface area contributed by atoms with Crippen molar-refractivity contribution in [2.24, 2.45) is 7.05 Å². The van der Waals surface area contributed by atoms with Crippen molar-refractivity contribution in [3.63, 3.8) is 0 Å². The average molecular weight is 335 g/mol. The maximum Gasteiger partial charge on any atom is 0.327 e. The van der Waals surface area contributed by atoms with Crippen molar-refractivity contribution in [1.82, 2.24) is 9.78 Å². The molecule has 1 aliphatic rings. The van der Waals surface area contributed by atoms with Crippen molar-refractivity contribution < 1.29 is 18.3 Å². The molecular formula is C15H17N3O4S. The number of aliphatic carboxylic acids is 1. The van der Waals surface area contributed by atoms with Crippen molar-refractivity contribution >= 4 is 21.7 Å². The molecule has 0 fully saturated rings. The van der Waals surface area contributed by atoms with Crippen LogP contribution < -0.4 is 4.31 Å². The maximum absolute atomic E-state index is 13.1. The van der Waals surface area contributed by atoms with E-state index in [0.29, 0.717) is 23.4 Å². The molecule has 2 heterocycles. The number of aromatic nitrogens is 2. The monoisotopic (exact) mass is 335 g/mol. The first-order chi connectivity index (χ1) is 10.9. The Balaban J connectivity index is 2.19. The molecule has 23 heavy (non-hydrogen) atoms. The van der Waals surface area contributed by atoms with Gasteiger partial charge in [-0.15, -0.1) is 0 Å². The van der Waals surface area contributed by atoms with Gasteiger partial charge in [-0.1, -0.05) is 25.1 Å². The van der Waals surface area contributed by atoms with Crippen LogP contribution in [-0.4, -0.2) is 35.3 Å². The molecule has 0 amide bonds. The Labute approximate surface area is 134 Å². The lowest BCUT2D eigenvalue weighted by Crippen LogP contribution is -2.42. The predicted molar refractivity (Wildman–Crippen MR) is 83.8 cm³/mol. The third-order valence-electron chi connectivity index (χ3n) is 3.95. The standard InChI is InChI=1S/C15H17N3O4S/c1-3-11-14(9-17(2)16-11)23(21,22)18-12-7-5-4-6-10(12)8-13(18)15(19)20/h4-7,9,13H,3,8H2,1-2H3,(H,19,20). The van der Waals surface area contributed by atoms with E-state index in [1.165, 1.54) is 10.9 Å². The molecule has 8 heteroatoms. The topological polar surface area (TPSA) is 92.5 Å². The first-order valence-electron chi connectivity index (χ1n) is 7.24. The lowest BCUT2D eigenvalue weighted by atomic mass is 10.1. The Morgan fingerprint density at radius 3 is 2.74 bits per heavy atom. The van der Waals surface area contributed by atoms with Crippen molar-refractivity contribution in [3.8, 4) is 0 Å². The SMILES string of the molecule is CCc1nn(C)cc1S(=O)(=O)N1c2ccccc2CC1C(=O)O. The molecule has 0 spiro atoms. The molecular weight excluding hydrogens is 318 g/mol. The molecule has 7 nitrogen and oxygen atoms in total. The molecule has 0 saturated carbocycles. The summed E-state index contributed by atoms with van der Waals surface area (Å²) in [6.45, 7) is 1.81. The molecule has 3 rings (SSSR count). The minimum Gasteiger partial charge on any atom is -0.480 e. The Kier molecular flexibility index (Phi) is 3.63. The van der Waals surface area contributed by atoms with Crippen molar-refractivity contribution in [2.45, 2.75) is 30.7 Å². The number of carboxylic acids is 1. The maximum atomic E-state index is 13.1. The molecule has 1 aromatic carbocycles. The summed E-state index contributed by atoms with van der Waals surface area (Å²) in [6, 6.07) is 5.73. The number of hydrogen-bond acceptors (Lipinski definition) is 4. The molecule has 0 saturated heterocycles. The van der Waals surface area contributed by atoms with Gasteiger partial charge in [-0.05, 0) is 18.1 Å². The number of fused-ring (bicyclic) bond motifs is 1.